The van der Waals surface area contributed by atoms with Gasteiger partial charge in [-0.25, -0.2) is 0 Å². The molecule has 1 heterocycles. The van der Waals surface area contributed by atoms with Crippen LogP contribution in [0.25, 0.3) is 0 Å². The number of hydrogen-bond acceptors (Lipinski definition) is 3. The van der Waals surface area contributed by atoms with Crippen LogP contribution in [0.5, 0.6) is 0 Å². The molecule has 0 saturated carbocycles. The van der Waals surface area contributed by atoms with E-state index < -0.39 is 0 Å². The van der Waals surface area contributed by atoms with E-state index in [0.717, 1.165) is 16.9 Å². The molecule has 0 N–H and O–H groups in total. The Morgan fingerprint density at radius 3 is 2.23 bits per heavy atom. The number of thiophene rings is 1. The van der Waals surface area contributed by atoms with E-state index in [0.29, 0.717) is 35.2 Å². The molecular formula is C24H24Cl2N2O2S. The molecule has 162 valence electrons. The maximum atomic E-state index is 13.3. The minimum Gasteiger partial charge on any atom is -0.332 e. The lowest BCUT2D eigenvalue weighted by atomic mass is 10.2. The summed E-state index contributed by atoms with van der Waals surface area (Å²) >= 11 is 13.8. The average molecular weight is 475 g/mol. The molecule has 0 aliphatic rings. The van der Waals surface area contributed by atoms with Gasteiger partial charge in [-0.15, -0.1) is 11.3 Å². The monoisotopic (exact) mass is 474 g/mol. The Bertz CT molecular complexity index is 989. The van der Waals surface area contributed by atoms with E-state index in [1.54, 1.807) is 39.3 Å². The molecule has 7 heteroatoms. The van der Waals surface area contributed by atoms with Crippen molar-refractivity contribution in [3.05, 3.63) is 92.1 Å². The highest BCUT2D eigenvalue weighted by molar-refractivity contribution is 7.09. The molecule has 3 aromatic rings. The number of rotatable bonds is 9. The van der Waals surface area contributed by atoms with Crippen LogP contribution in [0.1, 0.15) is 34.1 Å². The molecule has 0 bridgehead atoms. The fourth-order valence-corrected chi connectivity index (χ4v) is 4.52. The van der Waals surface area contributed by atoms with E-state index in [1.165, 1.54) is 0 Å². The number of carbonyl (C=O) groups excluding carboxylic acids is 2. The van der Waals surface area contributed by atoms with Crippen LogP contribution in [-0.4, -0.2) is 34.7 Å². The van der Waals surface area contributed by atoms with Crippen LogP contribution in [0, 0.1) is 0 Å². The van der Waals surface area contributed by atoms with Gasteiger partial charge in [-0.2, -0.15) is 0 Å². The van der Waals surface area contributed by atoms with Crippen molar-refractivity contribution in [1.82, 2.24) is 9.80 Å². The van der Waals surface area contributed by atoms with Gasteiger partial charge >= 0.3 is 0 Å². The van der Waals surface area contributed by atoms with Crippen molar-refractivity contribution in [2.75, 3.05) is 13.1 Å². The van der Waals surface area contributed by atoms with Crippen molar-refractivity contribution in [2.24, 2.45) is 0 Å². The van der Waals surface area contributed by atoms with Crippen LogP contribution >= 0.6 is 34.5 Å². The second-order valence-corrected chi connectivity index (χ2v) is 9.10. The largest absolute Gasteiger partial charge is 0.332 e. The predicted molar refractivity (Wildman–Crippen MR) is 128 cm³/mol. The molecule has 3 rings (SSSR count). The number of benzene rings is 2. The predicted octanol–water partition coefficient (Wildman–Crippen LogP) is 6.14. The lowest BCUT2D eigenvalue weighted by molar-refractivity contribution is -0.133. The van der Waals surface area contributed by atoms with Gasteiger partial charge in [0.15, 0.2) is 0 Å². The fourth-order valence-electron chi connectivity index (χ4n) is 3.27. The van der Waals surface area contributed by atoms with Crippen LogP contribution < -0.4 is 0 Å². The van der Waals surface area contributed by atoms with Gasteiger partial charge in [-0.3, -0.25) is 9.59 Å². The Hall–Kier alpha value is -2.34. The minimum absolute atomic E-state index is 0.00495. The van der Waals surface area contributed by atoms with Crippen LogP contribution in [-0.2, 0) is 17.9 Å². The van der Waals surface area contributed by atoms with Crippen molar-refractivity contribution in [3.8, 4) is 0 Å². The van der Waals surface area contributed by atoms with Gasteiger partial charge in [0.1, 0.15) is 6.54 Å². The molecule has 2 amide bonds. The Kier molecular flexibility index (Phi) is 8.52. The molecule has 0 aliphatic carbocycles. The summed E-state index contributed by atoms with van der Waals surface area (Å²) in [5.41, 5.74) is 1.43. The Balaban J connectivity index is 1.79. The zero-order valence-corrected chi connectivity index (χ0v) is 19.6. The van der Waals surface area contributed by atoms with Gasteiger partial charge in [-0.1, -0.05) is 66.5 Å². The highest BCUT2D eigenvalue weighted by Crippen LogP contribution is 2.21. The molecule has 31 heavy (non-hydrogen) atoms. The molecule has 1 aromatic heterocycles. The van der Waals surface area contributed by atoms with Gasteiger partial charge in [0.05, 0.1) is 6.54 Å². The molecule has 0 unspecified atom stereocenters. The summed E-state index contributed by atoms with van der Waals surface area (Å²) in [4.78, 5) is 30.9. The summed E-state index contributed by atoms with van der Waals surface area (Å²) in [6, 6.07) is 18.6. The molecule has 4 nitrogen and oxygen atoms in total. The van der Waals surface area contributed by atoms with Crippen molar-refractivity contribution < 1.29 is 9.59 Å². The van der Waals surface area contributed by atoms with Gasteiger partial charge in [0.25, 0.3) is 5.91 Å². The van der Waals surface area contributed by atoms with Crippen molar-refractivity contribution >= 4 is 46.4 Å². The SMILES string of the molecule is CCCN(CC(=O)N(Cc1ccccc1)Cc1cccs1)C(=O)c1cc(Cl)cc(Cl)c1. The Labute approximate surface area is 197 Å². The second kappa shape index (κ2) is 11.3. The first-order valence-electron chi connectivity index (χ1n) is 10.1. The second-order valence-electron chi connectivity index (χ2n) is 7.20. The number of halogens is 2. The molecule has 0 fully saturated rings. The van der Waals surface area contributed by atoms with Crippen LogP contribution in [0.3, 0.4) is 0 Å². The first-order valence-corrected chi connectivity index (χ1v) is 11.7. The van der Waals surface area contributed by atoms with Gasteiger partial charge in [0, 0.05) is 33.6 Å². The first kappa shape index (κ1) is 23.3. The van der Waals surface area contributed by atoms with E-state index in [2.05, 4.69) is 0 Å². The summed E-state index contributed by atoms with van der Waals surface area (Å²) in [7, 11) is 0. The fraction of sp³-hybridized carbons (Fsp3) is 0.250. The third-order valence-corrected chi connectivity index (χ3v) is 6.01. The highest BCUT2D eigenvalue weighted by Gasteiger charge is 2.23. The lowest BCUT2D eigenvalue weighted by Crippen LogP contribution is -2.42. The molecule has 0 saturated heterocycles. The normalized spacial score (nSPS) is 10.7. The number of amides is 2. The van der Waals surface area contributed by atoms with Crippen molar-refractivity contribution in [1.29, 1.82) is 0 Å². The van der Waals surface area contributed by atoms with Crippen LogP contribution in [0.15, 0.2) is 66.0 Å². The van der Waals surface area contributed by atoms with E-state index in [9.17, 15) is 9.59 Å². The molecule has 0 aliphatic heterocycles. The number of hydrogen-bond donors (Lipinski definition) is 0. The van der Waals surface area contributed by atoms with E-state index >= 15 is 0 Å². The number of carbonyl (C=O) groups is 2. The summed E-state index contributed by atoms with van der Waals surface area (Å²) in [5, 5.41) is 2.78. The highest BCUT2D eigenvalue weighted by atomic mass is 35.5. The van der Waals surface area contributed by atoms with Gasteiger partial charge in [0.2, 0.25) is 5.91 Å². The van der Waals surface area contributed by atoms with Gasteiger partial charge < -0.3 is 9.80 Å². The summed E-state index contributed by atoms with van der Waals surface area (Å²) in [6.07, 6.45) is 0.733. The van der Waals surface area contributed by atoms with Crippen molar-refractivity contribution in [2.45, 2.75) is 26.4 Å². The molecule has 0 atom stereocenters. The lowest BCUT2D eigenvalue weighted by Gasteiger charge is -2.27. The zero-order valence-electron chi connectivity index (χ0n) is 17.3. The molecule has 0 spiro atoms. The molecule has 0 radical (unpaired) electrons. The van der Waals surface area contributed by atoms with E-state index in [4.69, 9.17) is 23.2 Å². The standard InChI is InChI=1S/C24H24Cl2N2O2S/c1-2-10-27(24(30)19-12-20(25)14-21(26)13-19)17-23(29)28(16-22-9-6-11-31-22)15-18-7-4-3-5-8-18/h3-9,11-14H,2,10,15-17H2,1H3. The molecular weight excluding hydrogens is 451 g/mol. The van der Waals surface area contributed by atoms with Crippen LogP contribution in [0.2, 0.25) is 10.0 Å². The average Bonchev–Trinajstić information content (AvgIpc) is 3.25. The topological polar surface area (TPSA) is 40.6 Å². The first-order chi connectivity index (χ1) is 15.0. The van der Waals surface area contributed by atoms with Crippen molar-refractivity contribution in [3.63, 3.8) is 0 Å². The van der Waals surface area contributed by atoms with E-state index in [1.807, 2.05) is 54.8 Å². The smallest absolute Gasteiger partial charge is 0.254 e. The molecule has 2 aromatic carbocycles. The summed E-state index contributed by atoms with van der Waals surface area (Å²) in [5.74, 6) is -0.359. The maximum Gasteiger partial charge on any atom is 0.254 e. The summed E-state index contributed by atoms with van der Waals surface area (Å²) in [6.45, 7) is 3.42. The third-order valence-electron chi connectivity index (χ3n) is 4.71. The number of nitrogens with zero attached hydrogens (tertiary/aromatic N) is 2. The van der Waals surface area contributed by atoms with E-state index in [-0.39, 0.29) is 18.4 Å². The summed E-state index contributed by atoms with van der Waals surface area (Å²) < 4.78 is 0. The quantitative estimate of drug-likeness (QED) is 0.373. The van der Waals surface area contributed by atoms with Gasteiger partial charge in [-0.05, 0) is 41.6 Å². The third kappa shape index (κ3) is 6.82. The minimum atomic E-state index is -0.254. The Morgan fingerprint density at radius 2 is 1.61 bits per heavy atom. The maximum absolute atomic E-state index is 13.3. The zero-order chi connectivity index (χ0) is 22.2. The van der Waals surface area contributed by atoms with Crippen LogP contribution in [0.4, 0.5) is 0 Å². The Morgan fingerprint density at radius 1 is 0.903 bits per heavy atom.